The number of morpholine rings is 1. The number of hydrogen-bond donors (Lipinski definition) is 1. The maximum atomic E-state index is 15.1. The van der Waals surface area contributed by atoms with E-state index in [-0.39, 0.29) is 6.04 Å². The third-order valence-electron chi connectivity index (χ3n) is 8.37. The van der Waals surface area contributed by atoms with E-state index in [2.05, 4.69) is 25.8 Å². The topological polar surface area (TPSA) is 88.0 Å². The van der Waals surface area contributed by atoms with Gasteiger partial charge in [0.05, 0.1) is 25.4 Å². The smallest absolute Gasteiger partial charge is 0.164 e. The van der Waals surface area contributed by atoms with E-state index in [4.69, 9.17) is 20.4 Å². The second-order valence-corrected chi connectivity index (χ2v) is 11.1. The highest BCUT2D eigenvalue weighted by molar-refractivity contribution is 5.90. The van der Waals surface area contributed by atoms with Crippen LogP contribution in [-0.4, -0.2) is 95.2 Å². The number of aromatic nitrogens is 3. The summed E-state index contributed by atoms with van der Waals surface area (Å²) < 4.78 is 22.7. The molecule has 0 radical (unpaired) electrons. The average Bonchev–Trinajstić information content (AvgIpc) is 3.24. The second kappa shape index (κ2) is 11.6. The maximum absolute atomic E-state index is 15.1. The Bertz CT molecular complexity index is 1410. The zero-order chi connectivity index (χ0) is 27.6. The van der Waals surface area contributed by atoms with Gasteiger partial charge in [-0.15, -0.1) is 0 Å². The normalized spacial score (nSPS) is 23.3. The van der Waals surface area contributed by atoms with Crippen molar-refractivity contribution in [2.75, 3.05) is 57.4 Å². The van der Waals surface area contributed by atoms with Crippen LogP contribution in [0.25, 0.3) is 16.9 Å². The standard InChI is InChI=1S/C30H39FN8O/c1-21-5-3-6-22(17-21)24(32)7-9-33-27-18-26(39-13-15-40-16-14-39)29-30(34-27)36(2)28(35-29)20-37-12-8-25(23(31)19-37)38-10-4-11-38/h3,5-7,9,17-18,23,25H,4,8,10-16,19-20,32H2,1-2H3/b24-7-,33-9?. The molecular weight excluding hydrogens is 507 g/mol. The molecule has 2 aromatic heterocycles. The molecule has 0 aliphatic carbocycles. The SMILES string of the molecule is Cc1cccc(/C(N)=C/C=Nc2cc(N3CCOCC3)c3nc(CN4CCC(N5CCC5)C(F)C4)n(C)c3n2)c1. The van der Waals surface area contributed by atoms with Crippen LogP contribution >= 0.6 is 0 Å². The number of benzene rings is 1. The first-order valence-corrected chi connectivity index (χ1v) is 14.3. The highest BCUT2D eigenvalue weighted by Crippen LogP contribution is 2.31. The Balaban J connectivity index is 1.27. The van der Waals surface area contributed by atoms with Crippen molar-refractivity contribution in [1.82, 2.24) is 24.3 Å². The van der Waals surface area contributed by atoms with Crippen molar-refractivity contribution in [3.63, 3.8) is 0 Å². The lowest BCUT2D eigenvalue weighted by Gasteiger charge is -2.44. The third-order valence-corrected chi connectivity index (χ3v) is 8.37. The van der Waals surface area contributed by atoms with Gasteiger partial charge in [-0.1, -0.05) is 23.8 Å². The molecule has 2 N–H and O–H groups in total. The number of anilines is 1. The number of fused-ring (bicyclic) bond motifs is 1. The number of halogens is 1. The molecule has 3 saturated heterocycles. The number of aliphatic imine (C=N–C) groups is 1. The summed E-state index contributed by atoms with van der Waals surface area (Å²) in [5.41, 5.74) is 11.7. The Morgan fingerprint density at radius 2 is 1.98 bits per heavy atom. The molecule has 6 rings (SSSR count). The minimum Gasteiger partial charge on any atom is -0.398 e. The van der Waals surface area contributed by atoms with E-state index in [9.17, 15) is 0 Å². The molecule has 212 valence electrons. The molecule has 2 atom stereocenters. The van der Waals surface area contributed by atoms with E-state index in [1.807, 2.05) is 42.8 Å². The van der Waals surface area contributed by atoms with E-state index >= 15 is 4.39 Å². The van der Waals surface area contributed by atoms with Crippen molar-refractivity contribution < 1.29 is 9.13 Å². The van der Waals surface area contributed by atoms with Crippen LogP contribution < -0.4 is 10.6 Å². The molecule has 3 aliphatic rings. The highest BCUT2D eigenvalue weighted by Gasteiger charge is 2.36. The molecule has 0 spiro atoms. The van der Waals surface area contributed by atoms with Gasteiger partial charge in [0.1, 0.15) is 17.5 Å². The molecule has 3 aliphatic heterocycles. The van der Waals surface area contributed by atoms with Gasteiger partial charge in [0.15, 0.2) is 11.5 Å². The van der Waals surface area contributed by atoms with E-state index in [1.54, 1.807) is 12.3 Å². The van der Waals surface area contributed by atoms with Crippen LogP contribution in [0.3, 0.4) is 0 Å². The average molecular weight is 547 g/mol. The van der Waals surface area contributed by atoms with Gasteiger partial charge in [-0.3, -0.25) is 9.80 Å². The van der Waals surface area contributed by atoms with E-state index in [0.29, 0.717) is 37.8 Å². The first-order valence-electron chi connectivity index (χ1n) is 14.3. The number of alkyl halides is 1. The van der Waals surface area contributed by atoms with E-state index in [0.717, 1.165) is 72.9 Å². The lowest BCUT2D eigenvalue weighted by molar-refractivity contribution is 0.00124. The molecule has 3 aromatic rings. The minimum absolute atomic E-state index is 0.0643. The fraction of sp³-hybridized carbons (Fsp3) is 0.500. The number of nitrogens with zero attached hydrogens (tertiary/aromatic N) is 7. The summed E-state index contributed by atoms with van der Waals surface area (Å²) in [6.45, 7) is 8.92. The number of nitrogens with two attached hydrogens (primary N) is 1. The number of rotatable bonds is 7. The van der Waals surface area contributed by atoms with E-state index in [1.165, 1.54) is 6.42 Å². The predicted octanol–water partition coefficient (Wildman–Crippen LogP) is 3.43. The van der Waals surface area contributed by atoms with E-state index < -0.39 is 6.17 Å². The minimum atomic E-state index is -0.827. The predicted molar refractivity (Wildman–Crippen MR) is 158 cm³/mol. The Morgan fingerprint density at radius 3 is 2.70 bits per heavy atom. The van der Waals surface area contributed by atoms with Gasteiger partial charge in [-0.05, 0) is 50.6 Å². The molecular formula is C30H39FN8O. The fourth-order valence-corrected chi connectivity index (χ4v) is 5.92. The van der Waals surface area contributed by atoms with Crippen LogP contribution in [0.4, 0.5) is 15.9 Å². The molecule has 3 fully saturated rings. The Morgan fingerprint density at radius 1 is 1.15 bits per heavy atom. The maximum Gasteiger partial charge on any atom is 0.164 e. The molecule has 40 heavy (non-hydrogen) atoms. The zero-order valence-electron chi connectivity index (χ0n) is 23.5. The largest absolute Gasteiger partial charge is 0.398 e. The zero-order valence-corrected chi connectivity index (χ0v) is 23.5. The van der Waals surface area contributed by atoms with Gasteiger partial charge < -0.3 is 19.9 Å². The van der Waals surface area contributed by atoms with Crippen LogP contribution in [-0.2, 0) is 18.3 Å². The van der Waals surface area contributed by atoms with Crippen LogP contribution in [0.2, 0.25) is 0 Å². The quantitative estimate of drug-likeness (QED) is 0.455. The molecule has 1 aromatic carbocycles. The van der Waals surface area contributed by atoms with Gasteiger partial charge in [0, 0.05) is 57.2 Å². The van der Waals surface area contributed by atoms with Crippen molar-refractivity contribution in [3.05, 3.63) is 53.4 Å². The summed E-state index contributed by atoms with van der Waals surface area (Å²) >= 11 is 0. The summed E-state index contributed by atoms with van der Waals surface area (Å²) in [6, 6.07) is 10.1. The van der Waals surface area contributed by atoms with Gasteiger partial charge >= 0.3 is 0 Å². The van der Waals surface area contributed by atoms with Gasteiger partial charge in [0.25, 0.3) is 0 Å². The molecule has 0 saturated carbocycles. The molecule has 0 bridgehead atoms. The first-order chi connectivity index (χ1) is 19.5. The third kappa shape index (κ3) is 5.61. The van der Waals surface area contributed by atoms with Crippen molar-refractivity contribution in [2.24, 2.45) is 17.8 Å². The first kappa shape index (κ1) is 26.9. The summed E-state index contributed by atoms with van der Waals surface area (Å²) in [7, 11) is 1.99. The molecule has 9 nitrogen and oxygen atoms in total. The lowest BCUT2D eigenvalue weighted by atomic mass is 9.98. The van der Waals surface area contributed by atoms with Crippen molar-refractivity contribution >= 4 is 34.6 Å². The number of imidazole rings is 1. The Kier molecular flexibility index (Phi) is 7.82. The molecule has 2 unspecified atom stereocenters. The van der Waals surface area contributed by atoms with Crippen molar-refractivity contribution in [3.8, 4) is 0 Å². The van der Waals surface area contributed by atoms with Gasteiger partial charge in [-0.2, -0.15) is 0 Å². The van der Waals surface area contributed by atoms with Crippen molar-refractivity contribution in [1.29, 1.82) is 0 Å². The number of pyridine rings is 1. The summed E-state index contributed by atoms with van der Waals surface area (Å²) in [5, 5.41) is 0. The number of hydrogen-bond acceptors (Lipinski definition) is 8. The van der Waals surface area contributed by atoms with Gasteiger partial charge in [-0.25, -0.2) is 19.4 Å². The Labute approximate surface area is 235 Å². The molecule has 5 heterocycles. The number of likely N-dealkylation sites (tertiary alicyclic amines) is 2. The Hall–Kier alpha value is -3.34. The van der Waals surface area contributed by atoms with Crippen LogP contribution in [0, 0.1) is 6.92 Å². The van der Waals surface area contributed by atoms with Gasteiger partial charge in [0.2, 0.25) is 0 Å². The lowest BCUT2D eigenvalue weighted by Crippen LogP contribution is -2.56. The van der Waals surface area contributed by atoms with Crippen LogP contribution in [0.1, 0.15) is 29.8 Å². The fourth-order valence-electron chi connectivity index (χ4n) is 5.92. The number of allylic oxidation sites excluding steroid dienone is 1. The number of ether oxygens (including phenoxy) is 1. The van der Waals surface area contributed by atoms with Crippen LogP contribution in [0.5, 0.6) is 0 Å². The number of piperidine rings is 1. The number of aryl methyl sites for hydroxylation is 2. The monoisotopic (exact) mass is 546 g/mol. The van der Waals surface area contributed by atoms with Crippen LogP contribution in [0.15, 0.2) is 41.4 Å². The summed E-state index contributed by atoms with van der Waals surface area (Å²) in [5.74, 6) is 1.48. The summed E-state index contributed by atoms with van der Waals surface area (Å²) in [4.78, 5) is 21.3. The summed E-state index contributed by atoms with van der Waals surface area (Å²) in [6.07, 6.45) is 4.73. The van der Waals surface area contributed by atoms with Crippen molar-refractivity contribution in [2.45, 2.75) is 38.5 Å². The second-order valence-electron chi connectivity index (χ2n) is 11.1. The molecule has 10 heteroatoms. The molecule has 0 amide bonds. The highest BCUT2D eigenvalue weighted by atomic mass is 19.1.